The first-order valence-electron chi connectivity index (χ1n) is 9.83. The zero-order chi connectivity index (χ0) is 22.5. The van der Waals surface area contributed by atoms with Gasteiger partial charge in [-0.1, -0.05) is 30.3 Å². The van der Waals surface area contributed by atoms with Crippen LogP contribution >= 0.6 is 23.4 Å². The summed E-state index contributed by atoms with van der Waals surface area (Å²) in [7, 11) is 0. The summed E-state index contributed by atoms with van der Waals surface area (Å²) in [6.07, 6.45) is 0.759. The summed E-state index contributed by atoms with van der Waals surface area (Å²) >= 11 is 7.29. The summed E-state index contributed by atoms with van der Waals surface area (Å²) in [5, 5.41) is 6.50. The SMILES string of the molecule is CCCn1c(SC(C)C(=O)Nc2ccc(NC(C)=O)cc2)nc2cc(Cl)ccc2c1=O. The third-order valence-corrected chi connectivity index (χ3v) is 5.78. The summed E-state index contributed by atoms with van der Waals surface area (Å²) < 4.78 is 1.60. The zero-order valence-electron chi connectivity index (χ0n) is 17.4. The van der Waals surface area contributed by atoms with E-state index in [1.807, 2.05) is 6.92 Å². The highest BCUT2D eigenvalue weighted by atomic mass is 35.5. The average Bonchev–Trinajstić information content (AvgIpc) is 2.71. The molecule has 31 heavy (non-hydrogen) atoms. The molecule has 0 spiro atoms. The highest BCUT2D eigenvalue weighted by molar-refractivity contribution is 8.00. The number of rotatable bonds is 7. The van der Waals surface area contributed by atoms with Gasteiger partial charge in [0.15, 0.2) is 5.16 Å². The van der Waals surface area contributed by atoms with Crippen molar-refractivity contribution in [2.24, 2.45) is 0 Å². The lowest BCUT2D eigenvalue weighted by Gasteiger charge is -2.16. The standard InChI is InChI=1S/C22H23ClN4O3S/c1-4-11-27-21(30)18-10-5-15(23)12-19(18)26-22(27)31-13(2)20(29)25-17-8-6-16(7-9-17)24-14(3)28/h5-10,12-13H,4,11H2,1-3H3,(H,24,28)(H,25,29). The van der Waals surface area contributed by atoms with Crippen molar-refractivity contribution in [1.82, 2.24) is 9.55 Å². The van der Waals surface area contributed by atoms with Crippen LogP contribution in [0.25, 0.3) is 10.9 Å². The normalized spacial score (nSPS) is 11.9. The second kappa shape index (κ2) is 9.98. The van der Waals surface area contributed by atoms with Crippen molar-refractivity contribution in [2.75, 3.05) is 10.6 Å². The summed E-state index contributed by atoms with van der Waals surface area (Å²) in [6.45, 7) is 5.68. The molecule has 0 saturated heterocycles. The summed E-state index contributed by atoms with van der Waals surface area (Å²) in [5.74, 6) is -0.384. The maximum atomic E-state index is 12.9. The Hall–Kier alpha value is -2.84. The summed E-state index contributed by atoms with van der Waals surface area (Å²) in [6, 6.07) is 11.8. The third-order valence-electron chi connectivity index (χ3n) is 4.45. The number of hydrogen-bond acceptors (Lipinski definition) is 5. The van der Waals surface area contributed by atoms with E-state index in [-0.39, 0.29) is 17.4 Å². The molecule has 0 aliphatic rings. The van der Waals surface area contributed by atoms with E-state index >= 15 is 0 Å². The number of anilines is 2. The molecule has 0 aliphatic carbocycles. The number of amides is 2. The Bertz CT molecular complexity index is 1180. The van der Waals surface area contributed by atoms with E-state index in [2.05, 4.69) is 15.6 Å². The monoisotopic (exact) mass is 458 g/mol. The molecule has 0 saturated carbocycles. The van der Waals surface area contributed by atoms with Crippen molar-refractivity contribution in [3.8, 4) is 0 Å². The van der Waals surface area contributed by atoms with Crippen LogP contribution in [0.15, 0.2) is 52.4 Å². The van der Waals surface area contributed by atoms with Crippen molar-refractivity contribution in [3.05, 3.63) is 57.8 Å². The van der Waals surface area contributed by atoms with Crippen LogP contribution in [0.1, 0.15) is 27.2 Å². The quantitative estimate of drug-likeness (QED) is 0.400. The zero-order valence-corrected chi connectivity index (χ0v) is 19.0. The molecule has 0 bridgehead atoms. The Labute approximate surface area is 189 Å². The molecule has 9 heteroatoms. The van der Waals surface area contributed by atoms with Crippen LogP contribution in [-0.4, -0.2) is 26.6 Å². The van der Waals surface area contributed by atoms with E-state index < -0.39 is 5.25 Å². The van der Waals surface area contributed by atoms with Crippen molar-refractivity contribution in [2.45, 2.75) is 44.1 Å². The fraction of sp³-hybridized carbons (Fsp3) is 0.273. The molecule has 1 atom stereocenters. The molecule has 0 radical (unpaired) electrons. The third kappa shape index (κ3) is 5.65. The Morgan fingerprint density at radius 3 is 2.39 bits per heavy atom. The molecule has 2 N–H and O–H groups in total. The Kier molecular flexibility index (Phi) is 7.35. The fourth-order valence-electron chi connectivity index (χ4n) is 2.98. The maximum Gasteiger partial charge on any atom is 0.262 e. The van der Waals surface area contributed by atoms with Crippen LogP contribution in [0.4, 0.5) is 11.4 Å². The van der Waals surface area contributed by atoms with Crippen LogP contribution in [0, 0.1) is 0 Å². The van der Waals surface area contributed by atoms with Crippen molar-refractivity contribution >= 4 is 57.5 Å². The van der Waals surface area contributed by atoms with Gasteiger partial charge in [0.05, 0.1) is 16.2 Å². The van der Waals surface area contributed by atoms with Crippen LogP contribution in [0.2, 0.25) is 5.02 Å². The van der Waals surface area contributed by atoms with Crippen LogP contribution < -0.4 is 16.2 Å². The molecular formula is C22H23ClN4O3S. The van der Waals surface area contributed by atoms with Gasteiger partial charge in [0.1, 0.15) is 0 Å². The van der Waals surface area contributed by atoms with Crippen molar-refractivity contribution in [3.63, 3.8) is 0 Å². The van der Waals surface area contributed by atoms with Gasteiger partial charge in [-0.15, -0.1) is 0 Å². The minimum atomic E-state index is -0.498. The van der Waals surface area contributed by atoms with E-state index in [1.165, 1.54) is 18.7 Å². The molecule has 0 fully saturated rings. The Morgan fingerprint density at radius 2 is 1.77 bits per heavy atom. The van der Waals surface area contributed by atoms with Gasteiger partial charge in [-0.25, -0.2) is 4.98 Å². The second-order valence-corrected chi connectivity index (χ2v) is 8.76. The lowest BCUT2D eigenvalue weighted by atomic mass is 10.2. The molecular weight excluding hydrogens is 436 g/mol. The highest BCUT2D eigenvalue weighted by Crippen LogP contribution is 2.25. The van der Waals surface area contributed by atoms with Crippen LogP contribution in [-0.2, 0) is 16.1 Å². The van der Waals surface area contributed by atoms with Gasteiger partial charge in [-0.05, 0) is 55.8 Å². The number of nitrogens with one attached hydrogen (secondary N) is 2. The van der Waals surface area contributed by atoms with E-state index in [0.717, 1.165) is 6.42 Å². The largest absolute Gasteiger partial charge is 0.326 e. The van der Waals surface area contributed by atoms with Gasteiger partial charge < -0.3 is 10.6 Å². The molecule has 3 aromatic rings. The van der Waals surface area contributed by atoms with E-state index in [0.29, 0.717) is 39.0 Å². The average molecular weight is 459 g/mol. The first-order chi connectivity index (χ1) is 14.8. The lowest BCUT2D eigenvalue weighted by Crippen LogP contribution is -2.27. The molecule has 1 unspecified atom stereocenters. The predicted octanol–water partition coefficient (Wildman–Crippen LogP) is 4.54. The molecule has 0 aliphatic heterocycles. The first kappa shape index (κ1) is 22.8. The molecule has 3 rings (SSSR count). The number of benzene rings is 2. The maximum absolute atomic E-state index is 12.9. The number of nitrogens with zero attached hydrogens (tertiary/aromatic N) is 2. The van der Waals surface area contributed by atoms with E-state index in [9.17, 15) is 14.4 Å². The number of halogens is 1. The number of aromatic nitrogens is 2. The Morgan fingerprint density at radius 1 is 1.13 bits per heavy atom. The summed E-state index contributed by atoms with van der Waals surface area (Å²) in [4.78, 5) is 41.4. The topological polar surface area (TPSA) is 93.1 Å². The molecule has 7 nitrogen and oxygen atoms in total. The fourth-order valence-corrected chi connectivity index (χ4v) is 4.08. The van der Waals surface area contributed by atoms with Gasteiger partial charge in [0, 0.05) is 29.9 Å². The number of thioether (sulfide) groups is 1. The number of fused-ring (bicyclic) bond motifs is 1. The highest BCUT2D eigenvalue weighted by Gasteiger charge is 2.19. The number of hydrogen-bond donors (Lipinski definition) is 2. The van der Waals surface area contributed by atoms with Crippen molar-refractivity contribution in [1.29, 1.82) is 0 Å². The van der Waals surface area contributed by atoms with Gasteiger partial charge >= 0.3 is 0 Å². The predicted molar refractivity (Wildman–Crippen MR) is 126 cm³/mol. The van der Waals surface area contributed by atoms with Crippen LogP contribution in [0.5, 0.6) is 0 Å². The first-order valence-corrected chi connectivity index (χ1v) is 11.1. The summed E-state index contributed by atoms with van der Waals surface area (Å²) in [5.41, 5.74) is 1.62. The molecule has 2 aromatic carbocycles. The minimum absolute atomic E-state index is 0.146. The molecule has 1 heterocycles. The minimum Gasteiger partial charge on any atom is -0.326 e. The van der Waals surface area contributed by atoms with E-state index in [4.69, 9.17) is 11.6 Å². The van der Waals surface area contributed by atoms with E-state index in [1.54, 1.807) is 54.0 Å². The lowest BCUT2D eigenvalue weighted by molar-refractivity contribution is -0.115. The molecule has 2 amide bonds. The van der Waals surface area contributed by atoms with Crippen molar-refractivity contribution < 1.29 is 9.59 Å². The van der Waals surface area contributed by atoms with Gasteiger partial charge in [0.25, 0.3) is 5.56 Å². The van der Waals surface area contributed by atoms with Gasteiger partial charge in [-0.3, -0.25) is 19.0 Å². The Balaban J connectivity index is 1.80. The van der Waals surface area contributed by atoms with Gasteiger partial charge in [-0.2, -0.15) is 0 Å². The second-order valence-electron chi connectivity index (χ2n) is 7.02. The number of carbonyl (C=O) groups excluding carboxylic acids is 2. The molecule has 1 aromatic heterocycles. The van der Waals surface area contributed by atoms with Gasteiger partial charge in [0.2, 0.25) is 11.8 Å². The number of carbonyl (C=O) groups is 2. The molecule has 162 valence electrons. The smallest absolute Gasteiger partial charge is 0.262 e. The van der Waals surface area contributed by atoms with Crippen LogP contribution in [0.3, 0.4) is 0 Å².